The lowest BCUT2D eigenvalue weighted by Gasteiger charge is -2.22. The van der Waals surface area contributed by atoms with Gasteiger partial charge in [-0.05, 0) is 50.6 Å². The molecule has 116 valence electrons. The van der Waals surface area contributed by atoms with Crippen LogP contribution >= 0.6 is 0 Å². The van der Waals surface area contributed by atoms with E-state index in [4.69, 9.17) is 4.74 Å². The minimum atomic E-state index is -0.166. The molecule has 0 saturated carbocycles. The molecule has 0 fully saturated rings. The largest absolute Gasteiger partial charge is 0.492 e. The van der Waals surface area contributed by atoms with Crippen LogP contribution in [0.25, 0.3) is 0 Å². The second-order valence-corrected chi connectivity index (χ2v) is 4.94. The Bertz CT molecular complexity index is 640. The summed E-state index contributed by atoms with van der Waals surface area (Å²) in [7, 11) is 0. The van der Waals surface area contributed by atoms with Crippen LogP contribution in [-0.2, 0) is 0 Å². The van der Waals surface area contributed by atoms with E-state index in [0.29, 0.717) is 24.6 Å². The summed E-state index contributed by atoms with van der Waals surface area (Å²) in [5.41, 5.74) is 2.69. The van der Waals surface area contributed by atoms with Crippen LogP contribution in [-0.4, -0.2) is 19.2 Å². The lowest BCUT2D eigenvalue weighted by atomic mass is 10.2. The van der Waals surface area contributed by atoms with Gasteiger partial charge in [-0.15, -0.1) is 0 Å². The maximum atomic E-state index is 12.6. The molecule has 2 amide bonds. The number of rotatable bonds is 5. The average Bonchev–Trinajstić information content (AvgIpc) is 2.50. The molecule has 2 aromatic carbocycles. The van der Waals surface area contributed by atoms with Gasteiger partial charge in [-0.2, -0.15) is 0 Å². The number of urea groups is 1. The van der Waals surface area contributed by atoms with Crippen LogP contribution in [0.1, 0.15) is 19.4 Å². The van der Waals surface area contributed by atoms with Crippen molar-refractivity contribution in [3.8, 4) is 5.75 Å². The number of hydrogen-bond acceptors (Lipinski definition) is 2. The third-order valence-corrected chi connectivity index (χ3v) is 3.30. The third kappa shape index (κ3) is 3.79. The van der Waals surface area contributed by atoms with Crippen molar-refractivity contribution in [3.63, 3.8) is 0 Å². The molecule has 1 N–H and O–H groups in total. The number of para-hydroxylation sites is 2. The van der Waals surface area contributed by atoms with Crippen LogP contribution in [0.5, 0.6) is 5.75 Å². The molecule has 22 heavy (non-hydrogen) atoms. The SMILES string of the molecule is CCOc1ccccc1NC(=O)N(CC)c1cccc(C)c1. The van der Waals surface area contributed by atoms with E-state index in [0.717, 1.165) is 11.3 Å². The molecule has 0 radical (unpaired) electrons. The first-order chi connectivity index (χ1) is 10.7. The van der Waals surface area contributed by atoms with Gasteiger partial charge in [0.1, 0.15) is 5.75 Å². The molecule has 0 bridgehead atoms. The Balaban J connectivity index is 2.20. The first kappa shape index (κ1) is 15.9. The lowest BCUT2D eigenvalue weighted by molar-refractivity contribution is 0.257. The van der Waals surface area contributed by atoms with Crippen LogP contribution in [0.3, 0.4) is 0 Å². The van der Waals surface area contributed by atoms with Crippen molar-refractivity contribution >= 4 is 17.4 Å². The highest BCUT2D eigenvalue weighted by Gasteiger charge is 2.15. The summed E-state index contributed by atoms with van der Waals surface area (Å²) >= 11 is 0. The van der Waals surface area contributed by atoms with Gasteiger partial charge in [-0.25, -0.2) is 4.79 Å². The molecule has 4 nitrogen and oxygen atoms in total. The minimum absolute atomic E-state index is 0.166. The van der Waals surface area contributed by atoms with E-state index < -0.39 is 0 Å². The second kappa shape index (κ2) is 7.50. The van der Waals surface area contributed by atoms with Gasteiger partial charge in [0.05, 0.1) is 12.3 Å². The molecule has 0 heterocycles. The van der Waals surface area contributed by atoms with Crippen molar-refractivity contribution in [2.45, 2.75) is 20.8 Å². The number of amides is 2. The van der Waals surface area contributed by atoms with Gasteiger partial charge in [-0.3, -0.25) is 4.90 Å². The third-order valence-electron chi connectivity index (χ3n) is 3.30. The van der Waals surface area contributed by atoms with E-state index in [9.17, 15) is 4.79 Å². The molecule has 0 aliphatic heterocycles. The number of aryl methyl sites for hydroxylation is 1. The molecule has 0 saturated heterocycles. The standard InChI is InChI=1S/C18H22N2O2/c1-4-20(15-10-8-9-14(3)13-15)18(21)19-16-11-6-7-12-17(16)22-5-2/h6-13H,4-5H2,1-3H3,(H,19,21). The Morgan fingerprint density at radius 2 is 1.91 bits per heavy atom. The molecule has 0 spiro atoms. The number of hydrogen-bond donors (Lipinski definition) is 1. The fourth-order valence-electron chi connectivity index (χ4n) is 2.27. The van der Waals surface area contributed by atoms with Crippen molar-refractivity contribution in [1.29, 1.82) is 0 Å². The zero-order chi connectivity index (χ0) is 15.9. The number of ether oxygens (including phenoxy) is 1. The molecule has 2 aromatic rings. The highest BCUT2D eigenvalue weighted by Crippen LogP contribution is 2.25. The summed E-state index contributed by atoms with van der Waals surface area (Å²) in [5, 5.41) is 2.93. The molecule has 0 aliphatic carbocycles. The number of carbonyl (C=O) groups excluding carboxylic acids is 1. The summed E-state index contributed by atoms with van der Waals surface area (Å²) < 4.78 is 5.54. The van der Waals surface area contributed by atoms with Crippen molar-refractivity contribution in [3.05, 3.63) is 54.1 Å². The van der Waals surface area contributed by atoms with Gasteiger partial charge in [0, 0.05) is 12.2 Å². The molecule has 0 unspecified atom stereocenters. The van der Waals surface area contributed by atoms with Gasteiger partial charge < -0.3 is 10.1 Å². The fourth-order valence-corrected chi connectivity index (χ4v) is 2.27. The maximum Gasteiger partial charge on any atom is 0.326 e. The van der Waals surface area contributed by atoms with Crippen LogP contribution in [0.4, 0.5) is 16.2 Å². The monoisotopic (exact) mass is 298 g/mol. The molecular formula is C18H22N2O2. The van der Waals surface area contributed by atoms with Crippen molar-refractivity contribution < 1.29 is 9.53 Å². The smallest absolute Gasteiger partial charge is 0.326 e. The van der Waals surface area contributed by atoms with E-state index in [2.05, 4.69) is 5.32 Å². The Morgan fingerprint density at radius 1 is 1.14 bits per heavy atom. The van der Waals surface area contributed by atoms with Crippen molar-refractivity contribution in [1.82, 2.24) is 0 Å². The predicted molar refractivity (Wildman–Crippen MR) is 90.8 cm³/mol. The summed E-state index contributed by atoms with van der Waals surface area (Å²) in [5.74, 6) is 0.679. The van der Waals surface area contributed by atoms with Crippen LogP contribution < -0.4 is 15.0 Å². The normalized spacial score (nSPS) is 10.1. The summed E-state index contributed by atoms with van der Waals surface area (Å²) in [4.78, 5) is 14.3. The van der Waals surface area contributed by atoms with Crippen molar-refractivity contribution in [2.75, 3.05) is 23.4 Å². The number of carbonyl (C=O) groups is 1. The second-order valence-electron chi connectivity index (χ2n) is 4.94. The summed E-state index contributed by atoms with van der Waals surface area (Å²) in [6, 6.07) is 15.2. The lowest BCUT2D eigenvalue weighted by Crippen LogP contribution is -2.34. The van der Waals surface area contributed by atoms with E-state index in [1.807, 2.05) is 69.3 Å². The van der Waals surface area contributed by atoms with E-state index in [1.165, 1.54) is 0 Å². The van der Waals surface area contributed by atoms with Gasteiger partial charge in [0.2, 0.25) is 0 Å². The minimum Gasteiger partial charge on any atom is -0.492 e. The molecule has 0 aliphatic rings. The molecular weight excluding hydrogens is 276 g/mol. The van der Waals surface area contributed by atoms with Crippen molar-refractivity contribution in [2.24, 2.45) is 0 Å². The van der Waals surface area contributed by atoms with Gasteiger partial charge in [0.15, 0.2) is 0 Å². The summed E-state index contributed by atoms with van der Waals surface area (Å²) in [6.45, 7) is 7.04. The Morgan fingerprint density at radius 3 is 2.59 bits per heavy atom. The van der Waals surface area contributed by atoms with Gasteiger partial charge in [0.25, 0.3) is 0 Å². The van der Waals surface area contributed by atoms with Crippen LogP contribution in [0, 0.1) is 6.92 Å². The molecule has 2 rings (SSSR count). The number of benzene rings is 2. The molecule has 0 aromatic heterocycles. The topological polar surface area (TPSA) is 41.6 Å². The summed E-state index contributed by atoms with van der Waals surface area (Å²) in [6.07, 6.45) is 0. The highest BCUT2D eigenvalue weighted by atomic mass is 16.5. The zero-order valence-corrected chi connectivity index (χ0v) is 13.3. The first-order valence-electron chi connectivity index (χ1n) is 7.52. The Hall–Kier alpha value is -2.49. The number of anilines is 2. The van der Waals surface area contributed by atoms with Gasteiger partial charge in [-0.1, -0.05) is 24.3 Å². The number of nitrogens with zero attached hydrogens (tertiary/aromatic N) is 1. The van der Waals surface area contributed by atoms with Gasteiger partial charge >= 0.3 is 6.03 Å². The van der Waals surface area contributed by atoms with E-state index in [-0.39, 0.29) is 6.03 Å². The molecule has 4 heteroatoms. The fraction of sp³-hybridized carbons (Fsp3) is 0.278. The zero-order valence-electron chi connectivity index (χ0n) is 13.3. The van der Waals surface area contributed by atoms with E-state index in [1.54, 1.807) is 4.90 Å². The Labute approximate surface area is 131 Å². The van der Waals surface area contributed by atoms with Crippen LogP contribution in [0.2, 0.25) is 0 Å². The quantitative estimate of drug-likeness (QED) is 0.886. The van der Waals surface area contributed by atoms with E-state index >= 15 is 0 Å². The average molecular weight is 298 g/mol. The van der Waals surface area contributed by atoms with Crippen LogP contribution in [0.15, 0.2) is 48.5 Å². The molecule has 0 atom stereocenters. The predicted octanol–water partition coefficient (Wildman–Crippen LogP) is 4.45. The first-order valence-corrected chi connectivity index (χ1v) is 7.52. The Kier molecular flexibility index (Phi) is 5.42. The maximum absolute atomic E-state index is 12.6. The number of nitrogens with one attached hydrogen (secondary N) is 1. The highest BCUT2D eigenvalue weighted by molar-refractivity contribution is 6.02.